The minimum Gasteiger partial charge on any atom is -0.476 e. The predicted octanol–water partition coefficient (Wildman–Crippen LogP) is 1.79. The molecule has 0 bridgehead atoms. The van der Waals surface area contributed by atoms with Crippen LogP contribution in [0.4, 0.5) is 0 Å². The highest BCUT2D eigenvalue weighted by Gasteiger charge is 2.16. The fraction of sp³-hybridized carbons (Fsp3) is 0.636. The highest BCUT2D eigenvalue weighted by Crippen LogP contribution is 2.14. The van der Waals surface area contributed by atoms with Gasteiger partial charge in [0.05, 0.1) is 19.0 Å². The molecule has 0 radical (unpaired) electrons. The molecule has 0 saturated carbocycles. The Hall–Kier alpha value is -1.52. The number of carbonyl (C=O) groups is 1. The molecule has 1 atom stereocenters. The summed E-state index contributed by atoms with van der Waals surface area (Å²) in [5, 5.41) is 4.11. The predicted molar refractivity (Wildman–Crippen MR) is 59.3 cm³/mol. The summed E-state index contributed by atoms with van der Waals surface area (Å²) in [6.07, 6.45) is 2.75. The van der Waals surface area contributed by atoms with E-state index in [-0.39, 0.29) is 12.0 Å². The van der Waals surface area contributed by atoms with Gasteiger partial charge in [0.1, 0.15) is 0 Å². The Balaban J connectivity index is 2.55. The highest BCUT2D eigenvalue weighted by molar-refractivity contribution is 5.74. The normalized spacial score (nSPS) is 12.6. The van der Waals surface area contributed by atoms with Crippen LogP contribution >= 0.6 is 0 Å². The van der Waals surface area contributed by atoms with Crippen LogP contribution in [0.25, 0.3) is 0 Å². The Morgan fingerprint density at radius 1 is 1.50 bits per heavy atom. The van der Waals surface area contributed by atoms with Crippen LogP contribution in [-0.4, -0.2) is 28.5 Å². The molecular weight excluding hydrogens is 208 g/mol. The lowest BCUT2D eigenvalue weighted by Gasteiger charge is -2.11. The molecule has 0 aliphatic carbocycles. The molecule has 1 heterocycles. The highest BCUT2D eigenvalue weighted by atomic mass is 16.6. The van der Waals surface area contributed by atoms with Crippen LogP contribution in [0.2, 0.25) is 0 Å². The molecule has 16 heavy (non-hydrogen) atoms. The van der Waals surface area contributed by atoms with Gasteiger partial charge in [-0.05, 0) is 27.7 Å². The number of ether oxygens (including phenoxy) is 2. The van der Waals surface area contributed by atoms with Crippen LogP contribution < -0.4 is 4.74 Å². The van der Waals surface area contributed by atoms with Crippen molar-refractivity contribution in [1.29, 1.82) is 0 Å². The van der Waals surface area contributed by atoms with E-state index in [4.69, 9.17) is 9.47 Å². The molecule has 0 aliphatic rings. The van der Waals surface area contributed by atoms with Crippen molar-refractivity contribution in [2.24, 2.45) is 0 Å². The Bertz CT molecular complexity index is 347. The third-order valence-corrected chi connectivity index (χ3v) is 2.04. The largest absolute Gasteiger partial charge is 0.476 e. The molecule has 5 heteroatoms. The number of rotatable bonds is 5. The van der Waals surface area contributed by atoms with E-state index in [9.17, 15) is 4.79 Å². The van der Waals surface area contributed by atoms with Crippen LogP contribution in [0.15, 0.2) is 12.4 Å². The van der Waals surface area contributed by atoms with Crippen molar-refractivity contribution in [1.82, 2.24) is 9.78 Å². The average Bonchev–Trinajstić information content (AvgIpc) is 2.66. The first-order chi connectivity index (χ1) is 7.54. The van der Waals surface area contributed by atoms with E-state index in [1.54, 1.807) is 30.9 Å². The Kier molecular flexibility index (Phi) is 4.34. The van der Waals surface area contributed by atoms with Crippen LogP contribution in [-0.2, 0) is 9.53 Å². The summed E-state index contributed by atoms with van der Waals surface area (Å²) in [6, 6.07) is 0.273. The number of esters is 1. The molecule has 90 valence electrons. The standard InChI is InChI=1S/C11H18N2O3/c1-5-15-11(14)9(4)16-10-6-12-13(7-10)8(2)3/h6-9H,5H2,1-4H3. The summed E-state index contributed by atoms with van der Waals surface area (Å²) in [5.74, 6) is 0.217. The van der Waals surface area contributed by atoms with Gasteiger partial charge in [-0.3, -0.25) is 4.68 Å². The lowest BCUT2D eigenvalue weighted by molar-refractivity contribution is -0.150. The van der Waals surface area contributed by atoms with E-state index in [0.717, 1.165) is 0 Å². The zero-order valence-electron chi connectivity index (χ0n) is 10.1. The summed E-state index contributed by atoms with van der Waals surface area (Å²) >= 11 is 0. The molecule has 0 amide bonds. The first-order valence-corrected chi connectivity index (χ1v) is 5.42. The molecule has 0 N–H and O–H groups in total. The van der Waals surface area contributed by atoms with Crippen LogP contribution in [0, 0.1) is 0 Å². The second kappa shape index (κ2) is 5.53. The molecular formula is C11H18N2O3. The van der Waals surface area contributed by atoms with Gasteiger partial charge < -0.3 is 9.47 Å². The summed E-state index contributed by atoms with van der Waals surface area (Å²) < 4.78 is 12.0. The minimum absolute atomic E-state index is 0.273. The van der Waals surface area contributed by atoms with Gasteiger partial charge in [-0.2, -0.15) is 5.10 Å². The smallest absolute Gasteiger partial charge is 0.347 e. The Labute approximate surface area is 95.3 Å². The number of nitrogens with zero attached hydrogens (tertiary/aromatic N) is 2. The maximum absolute atomic E-state index is 11.3. The number of hydrogen-bond donors (Lipinski definition) is 0. The van der Waals surface area contributed by atoms with E-state index >= 15 is 0 Å². The van der Waals surface area contributed by atoms with Crippen LogP contribution in [0.1, 0.15) is 33.7 Å². The van der Waals surface area contributed by atoms with Gasteiger partial charge in [0.25, 0.3) is 0 Å². The molecule has 0 fully saturated rings. The van der Waals surface area contributed by atoms with Crippen LogP contribution in [0.5, 0.6) is 5.75 Å². The van der Waals surface area contributed by atoms with E-state index < -0.39 is 6.10 Å². The van der Waals surface area contributed by atoms with Crippen molar-refractivity contribution in [2.45, 2.75) is 39.8 Å². The van der Waals surface area contributed by atoms with Gasteiger partial charge in [-0.15, -0.1) is 0 Å². The van der Waals surface area contributed by atoms with Crippen molar-refractivity contribution < 1.29 is 14.3 Å². The first-order valence-electron chi connectivity index (χ1n) is 5.42. The van der Waals surface area contributed by atoms with E-state index in [1.165, 1.54) is 0 Å². The fourth-order valence-electron chi connectivity index (χ4n) is 1.18. The monoisotopic (exact) mass is 226 g/mol. The fourth-order valence-corrected chi connectivity index (χ4v) is 1.18. The van der Waals surface area contributed by atoms with Crippen molar-refractivity contribution >= 4 is 5.97 Å². The molecule has 0 spiro atoms. The molecule has 1 unspecified atom stereocenters. The summed E-state index contributed by atoms with van der Waals surface area (Å²) in [7, 11) is 0. The summed E-state index contributed by atoms with van der Waals surface area (Å²) in [4.78, 5) is 11.3. The van der Waals surface area contributed by atoms with E-state index in [0.29, 0.717) is 12.4 Å². The molecule has 0 saturated heterocycles. The van der Waals surface area contributed by atoms with E-state index in [1.807, 2.05) is 13.8 Å². The van der Waals surface area contributed by atoms with Crippen molar-refractivity contribution in [2.75, 3.05) is 6.61 Å². The second-order valence-corrected chi connectivity index (χ2v) is 3.76. The molecule has 0 aromatic carbocycles. The van der Waals surface area contributed by atoms with Crippen LogP contribution in [0.3, 0.4) is 0 Å². The van der Waals surface area contributed by atoms with Gasteiger partial charge in [0, 0.05) is 6.04 Å². The SMILES string of the molecule is CCOC(=O)C(C)Oc1cnn(C(C)C)c1. The van der Waals surface area contributed by atoms with E-state index in [2.05, 4.69) is 5.10 Å². The molecule has 1 rings (SSSR count). The van der Waals surface area contributed by atoms with Crippen molar-refractivity contribution in [3.63, 3.8) is 0 Å². The first kappa shape index (κ1) is 12.5. The van der Waals surface area contributed by atoms with Crippen molar-refractivity contribution in [3.05, 3.63) is 12.4 Å². The quantitative estimate of drug-likeness (QED) is 0.718. The Morgan fingerprint density at radius 2 is 2.19 bits per heavy atom. The second-order valence-electron chi connectivity index (χ2n) is 3.76. The third-order valence-electron chi connectivity index (χ3n) is 2.04. The average molecular weight is 226 g/mol. The van der Waals surface area contributed by atoms with Gasteiger partial charge >= 0.3 is 5.97 Å². The molecule has 1 aromatic heterocycles. The summed E-state index contributed by atoms with van der Waals surface area (Å²) in [6.45, 7) is 7.82. The zero-order chi connectivity index (χ0) is 12.1. The van der Waals surface area contributed by atoms with Crippen molar-refractivity contribution in [3.8, 4) is 5.75 Å². The number of carbonyl (C=O) groups excluding carboxylic acids is 1. The Morgan fingerprint density at radius 3 is 2.69 bits per heavy atom. The van der Waals surface area contributed by atoms with Gasteiger partial charge in [-0.1, -0.05) is 0 Å². The minimum atomic E-state index is -0.607. The third kappa shape index (κ3) is 3.25. The maximum Gasteiger partial charge on any atom is 0.347 e. The summed E-state index contributed by atoms with van der Waals surface area (Å²) in [5.41, 5.74) is 0. The van der Waals surface area contributed by atoms with Gasteiger partial charge in [0.15, 0.2) is 11.9 Å². The number of hydrogen-bond acceptors (Lipinski definition) is 4. The maximum atomic E-state index is 11.3. The molecule has 0 aliphatic heterocycles. The molecule has 1 aromatic rings. The lowest BCUT2D eigenvalue weighted by atomic mass is 10.4. The zero-order valence-corrected chi connectivity index (χ0v) is 10.1. The lowest BCUT2D eigenvalue weighted by Crippen LogP contribution is -2.25. The molecule has 5 nitrogen and oxygen atoms in total. The van der Waals surface area contributed by atoms with Gasteiger partial charge in [0.2, 0.25) is 0 Å². The number of aromatic nitrogens is 2. The van der Waals surface area contributed by atoms with Gasteiger partial charge in [-0.25, -0.2) is 4.79 Å². The topological polar surface area (TPSA) is 53.4 Å².